The SMILES string of the molecule is C[C@H](CC(=O)N(Cc1cccn1Cc1ccc(F)cc1)C1CCCCC1)CC(C)(C)C. The smallest absolute Gasteiger partial charge is 0.223 e. The van der Waals surface area contributed by atoms with Crippen molar-refractivity contribution in [2.75, 3.05) is 0 Å². The third-order valence-corrected chi connectivity index (χ3v) is 6.34. The van der Waals surface area contributed by atoms with E-state index in [1.807, 2.05) is 18.2 Å². The summed E-state index contributed by atoms with van der Waals surface area (Å²) in [6, 6.07) is 11.2. The van der Waals surface area contributed by atoms with Gasteiger partial charge in [0.1, 0.15) is 5.82 Å². The normalized spacial score (nSPS) is 16.3. The minimum atomic E-state index is -0.213. The van der Waals surface area contributed by atoms with Crippen molar-refractivity contribution in [3.63, 3.8) is 0 Å². The maximum absolute atomic E-state index is 13.4. The molecule has 1 aromatic carbocycles. The molecule has 0 radical (unpaired) electrons. The second-order valence-electron chi connectivity index (χ2n) is 10.6. The van der Waals surface area contributed by atoms with E-state index in [4.69, 9.17) is 0 Å². The molecule has 1 aliphatic carbocycles. The zero-order valence-electron chi connectivity index (χ0n) is 19.7. The van der Waals surface area contributed by atoms with Crippen LogP contribution >= 0.6 is 0 Å². The van der Waals surface area contributed by atoms with Crippen LogP contribution in [0, 0.1) is 17.2 Å². The molecule has 1 fully saturated rings. The highest BCUT2D eigenvalue weighted by Crippen LogP contribution is 2.29. The van der Waals surface area contributed by atoms with Crippen molar-refractivity contribution in [2.24, 2.45) is 11.3 Å². The lowest BCUT2D eigenvalue weighted by Gasteiger charge is -2.36. The molecule has 170 valence electrons. The Morgan fingerprint density at radius 1 is 1.13 bits per heavy atom. The second kappa shape index (κ2) is 10.5. The summed E-state index contributed by atoms with van der Waals surface area (Å²) in [6.07, 6.45) is 9.65. The summed E-state index contributed by atoms with van der Waals surface area (Å²) < 4.78 is 15.5. The van der Waals surface area contributed by atoms with Crippen LogP contribution in [-0.4, -0.2) is 21.4 Å². The van der Waals surface area contributed by atoms with Crippen LogP contribution in [0.2, 0.25) is 0 Å². The Morgan fingerprint density at radius 2 is 1.81 bits per heavy atom. The Balaban J connectivity index is 1.74. The van der Waals surface area contributed by atoms with E-state index in [0.717, 1.165) is 30.5 Å². The highest BCUT2D eigenvalue weighted by atomic mass is 19.1. The largest absolute Gasteiger partial charge is 0.345 e. The van der Waals surface area contributed by atoms with Gasteiger partial charge in [0.2, 0.25) is 5.91 Å². The standard InChI is InChI=1S/C27H39FN2O/c1-21(18-27(2,3)4)17-26(31)30(24-9-6-5-7-10-24)20-25-11-8-16-29(25)19-22-12-14-23(28)15-13-22/h8,11-16,21,24H,5-7,9-10,17-20H2,1-4H3/t21-/m1/s1. The average Bonchev–Trinajstić information content (AvgIpc) is 3.13. The Morgan fingerprint density at radius 3 is 2.45 bits per heavy atom. The Hall–Kier alpha value is -2.10. The maximum Gasteiger partial charge on any atom is 0.223 e. The lowest BCUT2D eigenvalue weighted by atomic mass is 9.84. The van der Waals surface area contributed by atoms with E-state index in [1.165, 1.54) is 31.4 Å². The molecule has 3 rings (SSSR count). The molecule has 31 heavy (non-hydrogen) atoms. The van der Waals surface area contributed by atoms with Crippen molar-refractivity contribution in [2.45, 2.75) is 91.8 Å². The molecule has 1 amide bonds. The monoisotopic (exact) mass is 426 g/mol. The summed E-state index contributed by atoms with van der Waals surface area (Å²) in [5, 5.41) is 0. The number of aromatic nitrogens is 1. The first kappa shape index (κ1) is 23.6. The van der Waals surface area contributed by atoms with E-state index in [9.17, 15) is 9.18 Å². The van der Waals surface area contributed by atoms with Crippen molar-refractivity contribution < 1.29 is 9.18 Å². The third kappa shape index (κ3) is 7.22. The lowest BCUT2D eigenvalue weighted by molar-refractivity contribution is -0.136. The summed E-state index contributed by atoms with van der Waals surface area (Å²) in [6.45, 7) is 10.3. The zero-order valence-corrected chi connectivity index (χ0v) is 19.7. The zero-order chi connectivity index (χ0) is 22.4. The van der Waals surface area contributed by atoms with Gasteiger partial charge in [-0.2, -0.15) is 0 Å². The Kier molecular flexibility index (Phi) is 7.96. The van der Waals surface area contributed by atoms with E-state index in [2.05, 4.69) is 49.4 Å². The van der Waals surface area contributed by atoms with Crippen LogP contribution < -0.4 is 0 Å². The fraction of sp³-hybridized carbons (Fsp3) is 0.593. The van der Waals surface area contributed by atoms with E-state index in [1.54, 1.807) is 0 Å². The molecule has 4 heteroatoms. The van der Waals surface area contributed by atoms with Gasteiger partial charge in [-0.25, -0.2) is 4.39 Å². The van der Waals surface area contributed by atoms with Crippen LogP contribution in [0.5, 0.6) is 0 Å². The topological polar surface area (TPSA) is 25.2 Å². The molecule has 0 saturated heterocycles. The number of hydrogen-bond acceptors (Lipinski definition) is 1. The first-order chi connectivity index (χ1) is 14.7. The van der Waals surface area contributed by atoms with Crippen molar-refractivity contribution in [3.8, 4) is 0 Å². The van der Waals surface area contributed by atoms with Gasteiger partial charge in [-0.3, -0.25) is 4.79 Å². The number of hydrogen-bond donors (Lipinski definition) is 0. The number of rotatable bonds is 8. The van der Waals surface area contributed by atoms with Gasteiger partial charge in [0, 0.05) is 30.9 Å². The van der Waals surface area contributed by atoms with Gasteiger partial charge < -0.3 is 9.47 Å². The van der Waals surface area contributed by atoms with Crippen molar-refractivity contribution in [1.29, 1.82) is 0 Å². The molecule has 3 nitrogen and oxygen atoms in total. The minimum Gasteiger partial charge on any atom is -0.345 e. The van der Waals surface area contributed by atoms with Gasteiger partial charge in [-0.1, -0.05) is 59.1 Å². The molecule has 2 aromatic rings. The van der Waals surface area contributed by atoms with E-state index in [-0.39, 0.29) is 17.1 Å². The summed E-state index contributed by atoms with van der Waals surface area (Å²) in [5.74, 6) is 0.456. The van der Waals surface area contributed by atoms with Crippen LogP contribution in [-0.2, 0) is 17.9 Å². The number of benzene rings is 1. The molecule has 0 spiro atoms. The predicted octanol–water partition coefficient (Wildman–Crippen LogP) is 6.80. The first-order valence-corrected chi connectivity index (χ1v) is 11.9. The van der Waals surface area contributed by atoms with E-state index in [0.29, 0.717) is 31.5 Å². The molecule has 1 atom stereocenters. The van der Waals surface area contributed by atoms with Crippen LogP contribution in [0.3, 0.4) is 0 Å². The fourth-order valence-corrected chi connectivity index (χ4v) is 5.05. The van der Waals surface area contributed by atoms with Gasteiger partial charge in [0.15, 0.2) is 0 Å². The summed E-state index contributed by atoms with van der Waals surface area (Å²) in [7, 11) is 0. The van der Waals surface area contributed by atoms with Crippen LogP contribution in [0.4, 0.5) is 4.39 Å². The highest BCUT2D eigenvalue weighted by molar-refractivity contribution is 5.76. The highest BCUT2D eigenvalue weighted by Gasteiger charge is 2.28. The molecule has 1 aromatic heterocycles. The third-order valence-electron chi connectivity index (χ3n) is 6.34. The Labute approximate surface area is 187 Å². The van der Waals surface area contributed by atoms with Crippen LogP contribution in [0.1, 0.15) is 83.9 Å². The molecular weight excluding hydrogens is 387 g/mol. The Bertz CT molecular complexity index is 828. The molecule has 1 saturated carbocycles. The van der Waals surface area contributed by atoms with Crippen molar-refractivity contribution in [3.05, 3.63) is 59.7 Å². The average molecular weight is 427 g/mol. The molecule has 1 heterocycles. The minimum absolute atomic E-state index is 0.213. The summed E-state index contributed by atoms with van der Waals surface area (Å²) >= 11 is 0. The maximum atomic E-state index is 13.4. The fourth-order valence-electron chi connectivity index (χ4n) is 5.05. The van der Waals surface area contributed by atoms with E-state index >= 15 is 0 Å². The van der Waals surface area contributed by atoms with E-state index < -0.39 is 0 Å². The molecular formula is C27H39FN2O. The van der Waals surface area contributed by atoms with Gasteiger partial charge >= 0.3 is 0 Å². The number of carbonyl (C=O) groups excluding carboxylic acids is 1. The molecule has 0 aliphatic heterocycles. The van der Waals surface area contributed by atoms with Crippen LogP contribution in [0.15, 0.2) is 42.6 Å². The second-order valence-corrected chi connectivity index (χ2v) is 10.6. The number of carbonyl (C=O) groups is 1. The number of halogens is 1. The quantitative estimate of drug-likeness (QED) is 0.456. The molecule has 0 bridgehead atoms. The molecule has 0 unspecified atom stereocenters. The lowest BCUT2D eigenvalue weighted by Crippen LogP contribution is -2.42. The summed E-state index contributed by atoms with van der Waals surface area (Å²) in [5.41, 5.74) is 2.44. The van der Waals surface area contributed by atoms with Gasteiger partial charge in [-0.05, 0) is 60.4 Å². The first-order valence-electron chi connectivity index (χ1n) is 11.9. The molecule has 0 N–H and O–H groups in total. The number of amides is 1. The molecule has 1 aliphatic rings. The van der Waals surface area contributed by atoms with Gasteiger partial charge in [0.25, 0.3) is 0 Å². The van der Waals surface area contributed by atoms with Crippen molar-refractivity contribution >= 4 is 5.91 Å². The van der Waals surface area contributed by atoms with Crippen LogP contribution in [0.25, 0.3) is 0 Å². The van der Waals surface area contributed by atoms with Gasteiger partial charge in [-0.15, -0.1) is 0 Å². The summed E-state index contributed by atoms with van der Waals surface area (Å²) in [4.78, 5) is 15.6. The van der Waals surface area contributed by atoms with Gasteiger partial charge in [0.05, 0.1) is 6.54 Å². The predicted molar refractivity (Wildman–Crippen MR) is 125 cm³/mol. The van der Waals surface area contributed by atoms with Crippen molar-refractivity contribution in [1.82, 2.24) is 9.47 Å². The number of nitrogens with zero attached hydrogens (tertiary/aromatic N) is 2.